The summed E-state index contributed by atoms with van der Waals surface area (Å²) >= 11 is 0. The lowest BCUT2D eigenvalue weighted by Gasteiger charge is -2.33. The zero-order valence-corrected chi connectivity index (χ0v) is 30.1. The van der Waals surface area contributed by atoms with Crippen LogP contribution in [0.15, 0.2) is 84.9 Å². The quantitative estimate of drug-likeness (QED) is 0.145. The highest BCUT2D eigenvalue weighted by Crippen LogP contribution is 2.21. The van der Waals surface area contributed by atoms with Gasteiger partial charge in [0, 0.05) is 0 Å². The Morgan fingerprint density at radius 2 is 0.915 bits per heavy atom. The minimum absolute atomic E-state index is 0. The molecule has 9 heteroatoms. The number of hydrogen-bond acceptors (Lipinski definition) is 5. The van der Waals surface area contributed by atoms with Crippen molar-refractivity contribution in [2.45, 2.75) is 67.7 Å². The molecule has 0 amide bonds. The Balaban J connectivity index is 0.000000324. The highest BCUT2D eigenvalue weighted by atomic mass is 28.4. The molecule has 4 aromatic rings. The SMILES string of the molecule is C.Cc1ccc(Cc2ccc(C)c(C(=O)O)c2)cc1C(=O)O.Cc1ccc(OC[Si](C)(C)O[Si](C)(C)COc2ccc(C)cc2)cc1. The van der Waals surface area contributed by atoms with Crippen LogP contribution in [0.1, 0.15) is 61.5 Å². The van der Waals surface area contributed by atoms with Gasteiger partial charge in [-0.05, 0) is 119 Å². The van der Waals surface area contributed by atoms with E-state index in [-0.39, 0.29) is 18.6 Å². The van der Waals surface area contributed by atoms with E-state index in [0.717, 1.165) is 22.6 Å². The van der Waals surface area contributed by atoms with Gasteiger partial charge in [-0.3, -0.25) is 0 Å². The van der Waals surface area contributed by atoms with E-state index < -0.39 is 28.6 Å². The van der Waals surface area contributed by atoms with Gasteiger partial charge in [0.05, 0.1) is 11.1 Å². The van der Waals surface area contributed by atoms with Crippen molar-refractivity contribution >= 4 is 28.6 Å². The minimum Gasteiger partial charge on any atom is -0.494 e. The molecule has 0 saturated heterocycles. The number of ether oxygens (including phenoxy) is 2. The van der Waals surface area contributed by atoms with E-state index in [2.05, 4.69) is 64.3 Å². The maximum Gasteiger partial charge on any atom is 0.335 e. The van der Waals surface area contributed by atoms with E-state index in [0.29, 0.717) is 30.0 Å². The first kappa shape index (κ1) is 39.0. The predicted molar refractivity (Wildman–Crippen MR) is 195 cm³/mol. The van der Waals surface area contributed by atoms with Crippen molar-refractivity contribution in [1.82, 2.24) is 0 Å². The van der Waals surface area contributed by atoms with Crippen LogP contribution in [0.25, 0.3) is 0 Å². The molecule has 0 spiro atoms. The molecule has 47 heavy (non-hydrogen) atoms. The van der Waals surface area contributed by atoms with Gasteiger partial charge < -0.3 is 23.8 Å². The van der Waals surface area contributed by atoms with Crippen LogP contribution < -0.4 is 9.47 Å². The number of carboxylic acid groups (broad SMARTS) is 2. The Bertz CT molecular complexity index is 1510. The van der Waals surface area contributed by atoms with Crippen molar-refractivity contribution in [1.29, 1.82) is 0 Å². The number of hydrogen-bond donors (Lipinski definition) is 2. The fourth-order valence-corrected chi connectivity index (χ4v) is 12.3. The highest BCUT2D eigenvalue weighted by molar-refractivity contribution is 6.84. The Morgan fingerprint density at radius 3 is 1.23 bits per heavy atom. The maximum atomic E-state index is 11.1. The molecule has 0 aliphatic rings. The van der Waals surface area contributed by atoms with Gasteiger partial charge in [-0.25, -0.2) is 9.59 Å². The van der Waals surface area contributed by atoms with E-state index in [1.807, 2.05) is 36.4 Å². The molecule has 7 nitrogen and oxygen atoms in total. The molecular weight excluding hydrogens is 625 g/mol. The van der Waals surface area contributed by atoms with Gasteiger partial charge in [-0.15, -0.1) is 0 Å². The van der Waals surface area contributed by atoms with Crippen LogP contribution in [0.5, 0.6) is 11.5 Å². The van der Waals surface area contributed by atoms with Gasteiger partial charge in [0.25, 0.3) is 0 Å². The van der Waals surface area contributed by atoms with Gasteiger partial charge >= 0.3 is 11.9 Å². The first-order chi connectivity index (χ1) is 21.5. The Labute approximate surface area is 282 Å². The molecule has 0 radical (unpaired) electrons. The van der Waals surface area contributed by atoms with Gasteiger partial charge in [0.15, 0.2) is 0 Å². The first-order valence-electron chi connectivity index (χ1n) is 15.3. The zero-order chi connectivity index (χ0) is 34.1. The van der Waals surface area contributed by atoms with Crippen LogP contribution in [-0.4, -0.2) is 51.2 Å². The molecule has 0 saturated carbocycles. The van der Waals surface area contributed by atoms with Crippen LogP contribution >= 0.6 is 0 Å². The topological polar surface area (TPSA) is 102 Å². The predicted octanol–water partition coefficient (Wildman–Crippen LogP) is 9.19. The minimum atomic E-state index is -1.92. The fraction of sp³-hybridized carbons (Fsp3) is 0.316. The lowest BCUT2D eigenvalue weighted by molar-refractivity contribution is 0.0685. The molecular formula is C38H50O7Si2. The maximum absolute atomic E-state index is 11.1. The van der Waals surface area contributed by atoms with E-state index in [9.17, 15) is 9.59 Å². The van der Waals surface area contributed by atoms with Crippen molar-refractivity contribution in [3.63, 3.8) is 0 Å². The van der Waals surface area contributed by atoms with Gasteiger partial charge in [0.1, 0.15) is 24.0 Å². The monoisotopic (exact) mass is 674 g/mol. The normalized spacial score (nSPS) is 11.1. The molecule has 0 aliphatic carbocycles. The summed E-state index contributed by atoms with van der Waals surface area (Å²) in [6, 6.07) is 26.9. The highest BCUT2D eigenvalue weighted by Gasteiger charge is 2.34. The molecule has 4 rings (SSSR count). The zero-order valence-electron chi connectivity index (χ0n) is 28.1. The number of benzene rings is 4. The summed E-state index contributed by atoms with van der Waals surface area (Å²) in [5, 5.41) is 18.3. The Hall–Kier alpha value is -4.19. The second kappa shape index (κ2) is 17.1. The second-order valence-corrected chi connectivity index (χ2v) is 21.3. The summed E-state index contributed by atoms with van der Waals surface area (Å²) in [6.07, 6.45) is 1.80. The number of carboxylic acids is 2. The lowest BCUT2D eigenvalue weighted by atomic mass is 9.97. The summed E-state index contributed by atoms with van der Waals surface area (Å²) in [4.78, 5) is 22.3. The van der Waals surface area contributed by atoms with Crippen LogP contribution in [0.2, 0.25) is 26.2 Å². The van der Waals surface area contributed by atoms with E-state index in [1.165, 1.54) is 11.1 Å². The molecule has 0 aromatic heterocycles. The van der Waals surface area contributed by atoms with Gasteiger partial charge in [0.2, 0.25) is 16.6 Å². The molecule has 2 N–H and O–H groups in total. The molecule has 252 valence electrons. The summed E-state index contributed by atoms with van der Waals surface area (Å²) in [7, 11) is -3.85. The van der Waals surface area contributed by atoms with Crippen molar-refractivity contribution in [3.05, 3.63) is 129 Å². The summed E-state index contributed by atoms with van der Waals surface area (Å²) < 4.78 is 18.5. The molecule has 0 heterocycles. The van der Waals surface area contributed by atoms with Crippen molar-refractivity contribution < 1.29 is 33.4 Å². The third kappa shape index (κ3) is 12.9. The van der Waals surface area contributed by atoms with Crippen molar-refractivity contribution in [3.8, 4) is 11.5 Å². The van der Waals surface area contributed by atoms with Crippen LogP contribution in [-0.2, 0) is 10.5 Å². The van der Waals surface area contributed by atoms with Crippen LogP contribution in [0, 0.1) is 27.7 Å². The number of aromatic carboxylic acids is 2. The molecule has 0 bridgehead atoms. The number of carbonyl (C=O) groups is 2. The van der Waals surface area contributed by atoms with Crippen molar-refractivity contribution in [2.75, 3.05) is 12.5 Å². The number of aryl methyl sites for hydroxylation is 4. The first-order valence-corrected chi connectivity index (χ1v) is 21.5. The summed E-state index contributed by atoms with van der Waals surface area (Å²) in [6.45, 7) is 16.5. The molecule has 0 aliphatic heterocycles. The summed E-state index contributed by atoms with van der Waals surface area (Å²) in [5.41, 5.74) is 6.14. The molecule has 4 aromatic carbocycles. The second-order valence-electron chi connectivity index (χ2n) is 12.9. The third-order valence-electron chi connectivity index (χ3n) is 7.24. The van der Waals surface area contributed by atoms with E-state index >= 15 is 0 Å². The average Bonchev–Trinajstić information content (AvgIpc) is 2.98. The van der Waals surface area contributed by atoms with Gasteiger partial charge in [-0.2, -0.15) is 0 Å². The molecule has 0 atom stereocenters. The average molecular weight is 675 g/mol. The fourth-order valence-electron chi connectivity index (χ4n) is 4.84. The Morgan fingerprint density at radius 1 is 0.574 bits per heavy atom. The van der Waals surface area contributed by atoms with Crippen LogP contribution in [0.3, 0.4) is 0 Å². The molecule has 0 fully saturated rings. The van der Waals surface area contributed by atoms with Crippen LogP contribution in [0.4, 0.5) is 0 Å². The smallest absolute Gasteiger partial charge is 0.335 e. The standard InChI is InChI=1S/C20H30O3Si2.C17H16O4.CH4/c1-17-7-11-19(12-8-17)21-15-24(3,4)23-25(5,6)16-22-20-13-9-18(2)10-14-20;1-10-3-5-12(8-14(10)16(18)19)7-13-6-4-11(2)15(9-13)17(20)21;/h7-14H,15-16H2,1-6H3;3-6,8-9H,7H2,1-2H3,(H,18,19)(H,20,21);1H4. The van der Waals surface area contributed by atoms with Gasteiger partial charge in [-0.1, -0.05) is 67.1 Å². The molecule has 0 unspecified atom stereocenters. The van der Waals surface area contributed by atoms with E-state index in [1.54, 1.807) is 38.1 Å². The Kier molecular flexibility index (Phi) is 14.2. The third-order valence-corrected chi connectivity index (χ3v) is 13.3. The van der Waals surface area contributed by atoms with Crippen molar-refractivity contribution in [2.24, 2.45) is 0 Å². The largest absolute Gasteiger partial charge is 0.494 e. The summed E-state index contributed by atoms with van der Waals surface area (Å²) in [5.74, 6) is -0.0933. The lowest BCUT2D eigenvalue weighted by Crippen LogP contribution is -2.51. The number of rotatable bonds is 12. The van der Waals surface area contributed by atoms with E-state index in [4.69, 9.17) is 23.8 Å².